The SMILES string of the molecule is CCNCC1CCN(Cc2ccc(Cl)nc2)CC1. The van der Waals surface area contributed by atoms with Crippen LogP contribution in [0.1, 0.15) is 25.3 Å². The summed E-state index contributed by atoms with van der Waals surface area (Å²) in [5.41, 5.74) is 1.25. The van der Waals surface area contributed by atoms with Crippen LogP contribution in [0.15, 0.2) is 18.3 Å². The molecule has 1 aromatic rings. The Morgan fingerprint density at radius 1 is 1.39 bits per heavy atom. The third-order valence-electron chi connectivity index (χ3n) is 3.58. The lowest BCUT2D eigenvalue weighted by Crippen LogP contribution is -2.36. The Kier molecular flexibility index (Phi) is 5.42. The summed E-state index contributed by atoms with van der Waals surface area (Å²) in [5, 5.41) is 4.02. The van der Waals surface area contributed by atoms with E-state index in [-0.39, 0.29) is 0 Å². The Morgan fingerprint density at radius 2 is 2.17 bits per heavy atom. The van der Waals surface area contributed by atoms with Crippen LogP contribution >= 0.6 is 11.6 Å². The van der Waals surface area contributed by atoms with E-state index < -0.39 is 0 Å². The molecule has 1 aliphatic heterocycles. The first kappa shape index (κ1) is 13.8. The molecule has 0 bridgehead atoms. The van der Waals surface area contributed by atoms with Crippen LogP contribution in [0.3, 0.4) is 0 Å². The van der Waals surface area contributed by atoms with Crippen molar-refractivity contribution in [2.75, 3.05) is 26.2 Å². The molecule has 1 saturated heterocycles. The molecule has 0 atom stereocenters. The maximum Gasteiger partial charge on any atom is 0.129 e. The van der Waals surface area contributed by atoms with Crippen LogP contribution in [0.5, 0.6) is 0 Å². The average Bonchev–Trinajstić information content (AvgIpc) is 2.41. The maximum absolute atomic E-state index is 5.79. The van der Waals surface area contributed by atoms with Gasteiger partial charge in [0.05, 0.1) is 0 Å². The average molecular weight is 268 g/mol. The van der Waals surface area contributed by atoms with E-state index in [0.29, 0.717) is 5.15 Å². The molecular formula is C14H22ClN3. The molecule has 18 heavy (non-hydrogen) atoms. The first-order valence-corrected chi connectivity index (χ1v) is 7.19. The number of halogens is 1. The predicted molar refractivity (Wildman–Crippen MR) is 75.8 cm³/mol. The van der Waals surface area contributed by atoms with Gasteiger partial charge in [-0.1, -0.05) is 24.6 Å². The van der Waals surface area contributed by atoms with Gasteiger partial charge in [0.2, 0.25) is 0 Å². The minimum absolute atomic E-state index is 0.572. The van der Waals surface area contributed by atoms with Crippen molar-refractivity contribution in [1.82, 2.24) is 15.2 Å². The third-order valence-corrected chi connectivity index (χ3v) is 3.81. The lowest BCUT2D eigenvalue weighted by Gasteiger charge is -2.32. The lowest BCUT2D eigenvalue weighted by atomic mass is 9.96. The summed E-state index contributed by atoms with van der Waals surface area (Å²) in [6.45, 7) is 7.81. The van der Waals surface area contributed by atoms with Crippen molar-refractivity contribution >= 4 is 11.6 Å². The summed E-state index contributed by atoms with van der Waals surface area (Å²) in [5.74, 6) is 0.851. The monoisotopic (exact) mass is 267 g/mol. The van der Waals surface area contributed by atoms with Gasteiger partial charge in [0.1, 0.15) is 5.15 Å². The highest BCUT2D eigenvalue weighted by Crippen LogP contribution is 2.18. The molecule has 1 aliphatic rings. The molecular weight excluding hydrogens is 246 g/mol. The molecule has 3 nitrogen and oxygen atoms in total. The molecule has 1 fully saturated rings. The largest absolute Gasteiger partial charge is 0.317 e. The van der Waals surface area contributed by atoms with E-state index >= 15 is 0 Å². The van der Waals surface area contributed by atoms with Crippen LogP contribution in [0.25, 0.3) is 0 Å². The van der Waals surface area contributed by atoms with Crippen LogP contribution in [-0.2, 0) is 6.54 Å². The summed E-state index contributed by atoms with van der Waals surface area (Å²) >= 11 is 5.79. The zero-order valence-corrected chi connectivity index (χ0v) is 11.8. The topological polar surface area (TPSA) is 28.2 Å². The highest BCUT2D eigenvalue weighted by Gasteiger charge is 2.18. The molecule has 0 aromatic carbocycles. The number of hydrogen-bond acceptors (Lipinski definition) is 3. The summed E-state index contributed by atoms with van der Waals surface area (Å²) in [6.07, 6.45) is 4.48. The molecule has 2 rings (SSSR count). The molecule has 0 amide bonds. The van der Waals surface area contributed by atoms with Gasteiger partial charge in [-0.15, -0.1) is 0 Å². The van der Waals surface area contributed by atoms with Crippen LogP contribution in [0.4, 0.5) is 0 Å². The standard InChI is InChI=1S/C14H22ClN3/c1-2-16-9-12-5-7-18(8-6-12)11-13-3-4-14(15)17-10-13/h3-4,10,12,16H,2,5-9,11H2,1H3. The number of likely N-dealkylation sites (tertiary alicyclic amines) is 1. The zero-order chi connectivity index (χ0) is 12.8. The van der Waals surface area contributed by atoms with Crippen molar-refractivity contribution in [3.63, 3.8) is 0 Å². The fraction of sp³-hybridized carbons (Fsp3) is 0.643. The van der Waals surface area contributed by atoms with E-state index in [1.165, 1.54) is 38.0 Å². The van der Waals surface area contributed by atoms with E-state index in [1.54, 1.807) is 0 Å². The normalized spacial score (nSPS) is 18.1. The van der Waals surface area contributed by atoms with Gasteiger partial charge in [0, 0.05) is 12.7 Å². The van der Waals surface area contributed by atoms with Gasteiger partial charge in [-0.25, -0.2) is 4.98 Å². The molecule has 0 aliphatic carbocycles. The summed E-state index contributed by atoms with van der Waals surface area (Å²) < 4.78 is 0. The first-order valence-electron chi connectivity index (χ1n) is 6.81. The van der Waals surface area contributed by atoms with Crippen molar-refractivity contribution < 1.29 is 0 Å². The Morgan fingerprint density at radius 3 is 2.78 bits per heavy atom. The Labute approximate surface area is 115 Å². The molecule has 100 valence electrons. The molecule has 4 heteroatoms. The van der Waals surface area contributed by atoms with E-state index in [1.807, 2.05) is 12.3 Å². The maximum atomic E-state index is 5.79. The van der Waals surface area contributed by atoms with Crippen molar-refractivity contribution in [3.8, 4) is 0 Å². The van der Waals surface area contributed by atoms with Gasteiger partial charge in [0.25, 0.3) is 0 Å². The number of pyridine rings is 1. The number of piperidine rings is 1. The lowest BCUT2D eigenvalue weighted by molar-refractivity contribution is 0.175. The van der Waals surface area contributed by atoms with Crippen molar-refractivity contribution in [2.45, 2.75) is 26.3 Å². The van der Waals surface area contributed by atoms with Gasteiger partial charge in [-0.3, -0.25) is 4.90 Å². The Bertz CT molecular complexity index is 345. The number of rotatable bonds is 5. The molecule has 0 radical (unpaired) electrons. The number of nitrogens with one attached hydrogen (secondary N) is 1. The second-order valence-corrected chi connectivity index (χ2v) is 5.40. The molecule has 0 unspecified atom stereocenters. The van der Waals surface area contributed by atoms with Crippen LogP contribution < -0.4 is 5.32 Å². The van der Waals surface area contributed by atoms with Crippen LogP contribution in [0, 0.1) is 5.92 Å². The highest BCUT2D eigenvalue weighted by molar-refractivity contribution is 6.29. The summed E-state index contributed by atoms with van der Waals surface area (Å²) in [6, 6.07) is 3.94. The first-order chi connectivity index (χ1) is 8.78. The van der Waals surface area contributed by atoms with E-state index in [4.69, 9.17) is 11.6 Å². The van der Waals surface area contributed by atoms with Crippen LogP contribution in [0.2, 0.25) is 5.15 Å². The summed E-state index contributed by atoms with van der Waals surface area (Å²) in [4.78, 5) is 6.64. The van der Waals surface area contributed by atoms with Crippen molar-refractivity contribution in [2.24, 2.45) is 5.92 Å². The second kappa shape index (κ2) is 7.07. The van der Waals surface area contributed by atoms with E-state index in [9.17, 15) is 0 Å². The third kappa shape index (κ3) is 4.23. The van der Waals surface area contributed by atoms with E-state index in [0.717, 1.165) is 19.0 Å². The van der Waals surface area contributed by atoms with E-state index in [2.05, 4.69) is 28.2 Å². The minimum Gasteiger partial charge on any atom is -0.317 e. The molecule has 0 spiro atoms. The Hall–Kier alpha value is -0.640. The zero-order valence-electron chi connectivity index (χ0n) is 11.0. The van der Waals surface area contributed by atoms with Gasteiger partial charge in [-0.05, 0) is 56.6 Å². The van der Waals surface area contributed by atoms with Gasteiger partial charge < -0.3 is 5.32 Å². The smallest absolute Gasteiger partial charge is 0.129 e. The Balaban J connectivity index is 1.74. The molecule has 1 N–H and O–H groups in total. The number of nitrogens with zero attached hydrogens (tertiary/aromatic N) is 2. The second-order valence-electron chi connectivity index (χ2n) is 5.02. The van der Waals surface area contributed by atoms with Crippen molar-refractivity contribution in [1.29, 1.82) is 0 Å². The number of aromatic nitrogens is 1. The fourth-order valence-electron chi connectivity index (χ4n) is 2.46. The van der Waals surface area contributed by atoms with Crippen LogP contribution in [-0.4, -0.2) is 36.1 Å². The minimum atomic E-state index is 0.572. The predicted octanol–water partition coefficient (Wildman–Crippen LogP) is 2.56. The highest BCUT2D eigenvalue weighted by atomic mass is 35.5. The van der Waals surface area contributed by atoms with Crippen molar-refractivity contribution in [3.05, 3.63) is 29.0 Å². The fourth-order valence-corrected chi connectivity index (χ4v) is 2.57. The van der Waals surface area contributed by atoms with Gasteiger partial charge in [-0.2, -0.15) is 0 Å². The molecule has 0 saturated carbocycles. The summed E-state index contributed by atoms with van der Waals surface area (Å²) in [7, 11) is 0. The van der Waals surface area contributed by atoms with Gasteiger partial charge in [0.15, 0.2) is 0 Å². The molecule has 2 heterocycles. The quantitative estimate of drug-likeness (QED) is 0.831. The number of hydrogen-bond donors (Lipinski definition) is 1. The molecule has 1 aromatic heterocycles. The van der Waals surface area contributed by atoms with Gasteiger partial charge >= 0.3 is 0 Å².